The van der Waals surface area contributed by atoms with Gasteiger partial charge in [-0.25, -0.2) is 0 Å². The van der Waals surface area contributed by atoms with E-state index in [1.165, 1.54) is 10.9 Å². The minimum absolute atomic E-state index is 0.279. The number of H-pyrrole nitrogens is 1. The van der Waals surface area contributed by atoms with Crippen molar-refractivity contribution in [3.63, 3.8) is 0 Å². The number of fused-ring (bicyclic) bond motifs is 1. The second kappa shape index (κ2) is 8.47. The van der Waals surface area contributed by atoms with Crippen LogP contribution in [0.25, 0.3) is 33.4 Å². The van der Waals surface area contributed by atoms with E-state index in [2.05, 4.69) is 73.9 Å². The molecule has 2 aromatic heterocycles. The maximum atomic E-state index is 11.3. The lowest BCUT2D eigenvalue weighted by Gasteiger charge is -2.09. The maximum absolute atomic E-state index is 11.3. The number of tetrazole rings is 1. The fraction of sp³-hybridized carbons (Fsp3) is 0.120. The lowest BCUT2D eigenvalue weighted by atomic mass is 9.98. The molecular weight excluding hydrogens is 400 g/mol. The van der Waals surface area contributed by atoms with Crippen molar-refractivity contribution in [2.24, 2.45) is 5.73 Å². The highest BCUT2D eigenvalue weighted by molar-refractivity contribution is 5.85. The molecule has 0 aliphatic heterocycles. The SMILES string of the molecule is NC(=O)CCc1cn(Cc2ccc(-c3ccccc3-c3nn[nH]n3)cc2)c2ccccc12. The van der Waals surface area contributed by atoms with Gasteiger partial charge in [0.15, 0.2) is 0 Å². The molecule has 5 aromatic rings. The number of aryl methyl sites for hydroxylation is 1. The molecule has 7 nitrogen and oxygen atoms in total. The fourth-order valence-corrected chi connectivity index (χ4v) is 4.10. The molecule has 0 aliphatic rings. The van der Waals surface area contributed by atoms with Gasteiger partial charge >= 0.3 is 0 Å². The quantitative estimate of drug-likeness (QED) is 0.414. The normalized spacial score (nSPS) is 11.1. The molecular formula is C25H22N6O. The summed E-state index contributed by atoms with van der Waals surface area (Å²) in [7, 11) is 0. The fourth-order valence-electron chi connectivity index (χ4n) is 4.10. The van der Waals surface area contributed by atoms with Gasteiger partial charge in [-0.15, -0.1) is 10.2 Å². The van der Waals surface area contributed by atoms with Crippen LogP contribution in [-0.4, -0.2) is 31.1 Å². The van der Waals surface area contributed by atoms with Gasteiger partial charge in [0.25, 0.3) is 0 Å². The number of nitrogens with zero attached hydrogens (tertiary/aromatic N) is 4. The molecule has 3 aromatic carbocycles. The molecule has 7 heteroatoms. The van der Waals surface area contributed by atoms with Gasteiger partial charge in [0, 0.05) is 35.6 Å². The summed E-state index contributed by atoms with van der Waals surface area (Å²) < 4.78 is 2.23. The molecule has 0 aliphatic carbocycles. The Bertz CT molecular complexity index is 1370. The Labute approximate surface area is 184 Å². The predicted molar refractivity (Wildman–Crippen MR) is 124 cm³/mol. The molecule has 5 rings (SSSR count). The van der Waals surface area contributed by atoms with Crippen LogP contribution in [0.5, 0.6) is 0 Å². The number of carbonyl (C=O) groups excluding carboxylic acids is 1. The Kier molecular flexibility index (Phi) is 5.21. The Morgan fingerprint density at radius 2 is 1.69 bits per heavy atom. The Morgan fingerprint density at radius 3 is 2.44 bits per heavy atom. The molecule has 0 unspecified atom stereocenters. The molecule has 0 atom stereocenters. The first-order valence-corrected chi connectivity index (χ1v) is 10.5. The second-order valence-electron chi connectivity index (χ2n) is 7.74. The maximum Gasteiger partial charge on any atom is 0.217 e. The highest BCUT2D eigenvalue weighted by Crippen LogP contribution is 2.30. The molecule has 0 bridgehead atoms. The zero-order valence-electron chi connectivity index (χ0n) is 17.4. The monoisotopic (exact) mass is 422 g/mol. The third-order valence-corrected chi connectivity index (χ3v) is 5.64. The lowest BCUT2D eigenvalue weighted by molar-refractivity contribution is -0.117. The van der Waals surface area contributed by atoms with Crippen molar-refractivity contribution < 1.29 is 4.79 Å². The lowest BCUT2D eigenvalue weighted by Crippen LogP contribution is -2.11. The van der Waals surface area contributed by atoms with E-state index < -0.39 is 0 Å². The molecule has 32 heavy (non-hydrogen) atoms. The second-order valence-corrected chi connectivity index (χ2v) is 7.74. The summed E-state index contributed by atoms with van der Waals surface area (Å²) in [5, 5.41) is 15.6. The van der Waals surface area contributed by atoms with Crippen LogP contribution in [0.3, 0.4) is 0 Å². The van der Waals surface area contributed by atoms with E-state index in [-0.39, 0.29) is 5.91 Å². The van der Waals surface area contributed by atoms with Crippen molar-refractivity contribution in [1.29, 1.82) is 0 Å². The number of aromatic amines is 1. The van der Waals surface area contributed by atoms with Crippen molar-refractivity contribution in [3.8, 4) is 22.5 Å². The summed E-state index contributed by atoms with van der Waals surface area (Å²) in [5.74, 6) is 0.297. The summed E-state index contributed by atoms with van der Waals surface area (Å²) in [6.07, 6.45) is 3.13. The van der Waals surface area contributed by atoms with Gasteiger partial charge in [-0.05, 0) is 40.0 Å². The Hall–Kier alpha value is -4.26. The number of amides is 1. The molecule has 158 valence electrons. The van der Waals surface area contributed by atoms with Crippen LogP contribution in [0.15, 0.2) is 79.0 Å². The van der Waals surface area contributed by atoms with Gasteiger partial charge in [-0.3, -0.25) is 4.79 Å². The van der Waals surface area contributed by atoms with Crippen LogP contribution in [-0.2, 0) is 17.8 Å². The van der Waals surface area contributed by atoms with Crippen molar-refractivity contribution in [2.75, 3.05) is 0 Å². The highest BCUT2D eigenvalue weighted by atomic mass is 16.1. The van der Waals surface area contributed by atoms with Crippen molar-refractivity contribution in [2.45, 2.75) is 19.4 Å². The number of benzene rings is 3. The molecule has 1 amide bonds. The summed E-state index contributed by atoms with van der Waals surface area (Å²) >= 11 is 0. The number of aromatic nitrogens is 5. The number of hydrogen-bond donors (Lipinski definition) is 2. The van der Waals surface area contributed by atoms with Gasteiger partial charge in [-0.2, -0.15) is 5.21 Å². The number of nitrogens with one attached hydrogen (secondary N) is 1. The summed E-state index contributed by atoms with van der Waals surface area (Å²) in [5.41, 5.74) is 11.9. The highest BCUT2D eigenvalue weighted by Gasteiger charge is 2.12. The minimum Gasteiger partial charge on any atom is -0.370 e. The van der Waals surface area contributed by atoms with Crippen LogP contribution in [0.4, 0.5) is 0 Å². The number of carbonyl (C=O) groups is 1. The predicted octanol–water partition coefficient (Wildman–Crippen LogP) is 3.95. The summed E-state index contributed by atoms with van der Waals surface area (Å²) in [6, 6.07) is 24.8. The van der Waals surface area contributed by atoms with E-state index in [1.54, 1.807) is 0 Å². The van der Waals surface area contributed by atoms with Gasteiger partial charge in [-0.1, -0.05) is 66.7 Å². The third kappa shape index (κ3) is 3.88. The average molecular weight is 422 g/mol. The van der Waals surface area contributed by atoms with Crippen molar-refractivity contribution in [3.05, 3.63) is 90.1 Å². The van der Waals surface area contributed by atoms with E-state index in [9.17, 15) is 4.79 Å². The molecule has 0 radical (unpaired) electrons. The number of rotatable bonds is 7. The Balaban J connectivity index is 1.43. The summed E-state index contributed by atoms with van der Waals surface area (Å²) in [4.78, 5) is 11.3. The van der Waals surface area contributed by atoms with Gasteiger partial charge in [0.05, 0.1) is 0 Å². The van der Waals surface area contributed by atoms with E-state index in [0.717, 1.165) is 34.3 Å². The molecule has 3 N–H and O–H groups in total. The number of para-hydroxylation sites is 1. The number of hydrogen-bond acceptors (Lipinski definition) is 4. The van der Waals surface area contributed by atoms with Crippen LogP contribution < -0.4 is 5.73 Å². The average Bonchev–Trinajstić information content (AvgIpc) is 3.47. The van der Waals surface area contributed by atoms with Crippen molar-refractivity contribution >= 4 is 16.8 Å². The van der Waals surface area contributed by atoms with Gasteiger partial charge in [0.2, 0.25) is 11.7 Å². The van der Waals surface area contributed by atoms with E-state index >= 15 is 0 Å². The molecule has 0 spiro atoms. The first-order valence-electron chi connectivity index (χ1n) is 10.5. The number of nitrogens with two attached hydrogens (primary N) is 1. The molecule has 2 heterocycles. The van der Waals surface area contributed by atoms with Crippen LogP contribution >= 0.6 is 0 Å². The number of primary amides is 1. The molecule has 0 saturated carbocycles. The molecule has 0 saturated heterocycles. The zero-order chi connectivity index (χ0) is 21.9. The van der Waals surface area contributed by atoms with Crippen LogP contribution in [0.2, 0.25) is 0 Å². The summed E-state index contributed by atoms with van der Waals surface area (Å²) in [6.45, 7) is 0.740. The Morgan fingerprint density at radius 1 is 0.938 bits per heavy atom. The van der Waals surface area contributed by atoms with Crippen LogP contribution in [0, 0.1) is 0 Å². The van der Waals surface area contributed by atoms with Crippen molar-refractivity contribution in [1.82, 2.24) is 25.2 Å². The smallest absolute Gasteiger partial charge is 0.217 e. The van der Waals surface area contributed by atoms with E-state index in [0.29, 0.717) is 18.7 Å². The largest absolute Gasteiger partial charge is 0.370 e. The van der Waals surface area contributed by atoms with E-state index in [1.807, 2.05) is 30.3 Å². The third-order valence-electron chi connectivity index (χ3n) is 5.64. The first kappa shape index (κ1) is 19.7. The van der Waals surface area contributed by atoms with E-state index in [4.69, 9.17) is 5.73 Å². The standard InChI is InChI=1S/C25H22N6O/c26-24(32)14-13-19-16-31(23-8-4-3-6-21(19)23)15-17-9-11-18(12-10-17)20-5-1-2-7-22(20)25-27-29-30-28-25/h1-12,16H,13-15H2,(H2,26,32)(H,27,28,29,30). The van der Waals surface area contributed by atoms with Crippen LogP contribution in [0.1, 0.15) is 17.5 Å². The minimum atomic E-state index is -0.279. The first-order chi connectivity index (χ1) is 15.7. The zero-order valence-corrected chi connectivity index (χ0v) is 17.4. The topological polar surface area (TPSA) is 102 Å². The molecule has 0 fully saturated rings. The van der Waals surface area contributed by atoms with Gasteiger partial charge < -0.3 is 10.3 Å². The van der Waals surface area contributed by atoms with Gasteiger partial charge in [0.1, 0.15) is 0 Å².